The Morgan fingerprint density at radius 3 is 2.41 bits per heavy atom. The van der Waals surface area contributed by atoms with Gasteiger partial charge in [-0.15, -0.1) is 11.8 Å². The zero-order chi connectivity index (χ0) is 27.0. The molecule has 210 valence electrons. The van der Waals surface area contributed by atoms with E-state index in [1.54, 1.807) is 11.8 Å². The molecule has 2 bridgehead atoms. The van der Waals surface area contributed by atoms with Crippen LogP contribution in [0, 0.1) is 11.8 Å². The van der Waals surface area contributed by atoms with E-state index in [-0.39, 0.29) is 29.8 Å². The van der Waals surface area contributed by atoms with Crippen LogP contribution in [-0.2, 0) is 19.1 Å². The van der Waals surface area contributed by atoms with E-state index in [0.29, 0.717) is 5.69 Å². The van der Waals surface area contributed by atoms with Crippen molar-refractivity contribution in [2.45, 2.75) is 112 Å². The second-order valence-electron chi connectivity index (χ2n) is 12.0. The molecule has 2 N–H and O–H groups in total. The quantitative estimate of drug-likeness (QED) is 0.381. The van der Waals surface area contributed by atoms with Crippen LogP contribution in [0.2, 0.25) is 0 Å². The molecule has 2 saturated heterocycles. The van der Waals surface area contributed by atoms with E-state index in [1.807, 2.05) is 47.6 Å². The first kappa shape index (κ1) is 26.9. The van der Waals surface area contributed by atoms with Gasteiger partial charge < -0.3 is 20.3 Å². The standard InChI is InChI=1S/C31H41N3O4S/c1-39-23-16-10-13-21(19-23)33-28(35)25-24-17-18-31(38-24)26(25)30(37)34(22-14-8-3-2-4-9-15-22)27(31)29(36)32-20-11-6-5-7-12-20/h10,13,16-20,22,24-27H,2-9,11-12,14-15H2,1H3,(H,32,36)(H,33,35)/t24-,25+,26-,27-,31-/m1/s1. The molecule has 5 atom stereocenters. The lowest BCUT2D eigenvalue weighted by atomic mass is 9.74. The lowest BCUT2D eigenvalue weighted by molar-refractivity contribution is -0.144. The van der Waals surface area contributed by atoms with E-state index in [2.05, 4.69) is 10.6 Å². The molecule has 6 rings (SSSR count). The highest BCUT2D eigenvalue weighted by Crippen LogP contribution is 2.56. The third-order valence-electron chi connectivity index (χ3n) is 9.62. The van der Waals surface area contributed by atoms with Gasteiger partial charge in [-0.05, 0) is 50.1 Å². The second-order valence-corrected chi connectivity index (χ2v) is 12.9. The van der Waals surface area contributed by atoms with Gasteiger partial charge in [0.1, 0.15) is 11.6 Å². The summed E-state index contributed by atoms with van der Waals surface area (Å²) in [5.41, 5.74) is -0.381. The van der Waals surface area contributed by atoms with Crippen molar-refractivity contribution in [3.05, 3.63) is 36.4 Å². The number of anilines is 1. The summed E-state index contributed by atoms with van der Waals surface area (Å²) in [6, 6.07) is 7.14. The van der Waals surface area contributed by atoms with Crippen LogP contribution in [0.25, 0.3) is 0 Å². The lowest BCUT2D eigenvalue weighted by Gasteiger charge is -2.38. The molecule has 7 nitrogen and oxygen atoms in total. The second kappa shape index (κ2) is 11.3. The minimum Gasteiger partial charge on any atom is -0.359 e. The number of hydrogen-bond donors (Lipinski definition) is 2. The Bertz CT molecular complexity index is 1130. The van der Waals surface area contributed by atoms with Gasteiger partial charge in [0.25, 0.3) is 0 Å². The summed E-state index contributed by atoms with van der Waals surface area (Å²) in [6.45, 7) is 0. The zero-order valence-corrected chi connectivity index (χ0v) is 23.7. The minimum atomic E-state index is -1.09. The molecule has 3 aliphatic heterocycles. The van der Waals surface area contributed by atoms with Crippen molar-refractivity contribution in [2.24, 2.45) is 11.8 Å². The maximum atomic E-state index is 14.4. The highest BCUT2D eigenvalue weighted by atomic mass is 32.2. The number of benzene rings is 1. The molecular weight excluding hydrogens is 510 g/mol. The third kappa shape index (κ3) is 4.92. The topological polar surface area (TPSA) is 87.7 Å². The predicted molar refractivity (Wildman–Crippen MR) is 152 cm³/mol. The fourth-order valence-corrected chi connectivity index (χ4v) is 8.23. The van der Waals surface area contributed by atoms with Crippen molar-refractivity contribution in [2.75, 3.05) is 11.6 Å². The Morgan fingerprint density at radius 1 is 0.974 bits per heavy atom. The Morgan fingerprint density at radius 2 is 1.67 bits per heavy atom. The van der Waals surface area contributed by atoms with Crippen molar-refractivity contribution < 1.29 is 19.1 Å². The van der Waals surface area contributed by atoms with E-state index < -0.39 is 29.6 Å². The first-order chi connectivity index (χ1) is 19.0. The largest absolute Gasteiger partial charge is 0.359 e. The normalized spacial score (nSPS) is 33.1. The van der Waals surface area contributed by atoms with Crippen molar-refractivity contribution in [1.82, 2.24) is 10.2 Å². The van der Waals surface area contributed by atoms with Gasteiger partial charge in [-0.2, -0.15) is 0 Å². The van der Waals surface area contributed by atoms with E-state index in [4.69, 9.17) is 4.74 Å². The van der Waals surface area contributed by atoms with E-state index in [9.17, 15) is 14.4 Å². The molecule has 1 spiro atoms. The number of rotatable bonds is 6. The fourth-order valence-electron chi connectivity index (χ4n) is 7.77. The molecule has 0 aromatic heterocycles. The van der Waals surface area contributed by atoms with Crippen LogP contribution in [0.5, 0.6) is 0 Å². The number of nitrogens with zero attached hydrogens (tertiary/aromatic N) is 1. The summed E-state index contributed by atoms with van der Waals surface area (Å²) in [5.74, 6) is -1.77. The van der Waals surface area contributed by atoms with Gasteiger partial charge in [0, 0.05) is 22.7 Å². The highest BCUT2D eigenvalue weighted by molar-refractivity contribution is 7.98. The van der Waals surface area contributed by atoms with Crippen molar-refractivity contribution in [3.8, 4) is 0 Å². The third-order valence-corrected chi connectivity index (χ3v) is 10.3. The highest BCUT2D eigenvalue weighted by Gasteiger charge is 2.73. The van der Waals surface area contributed by atoms with Crippen LogP contribution < -0.4 is 10.6 Å². The number of carbonyl (C=O) groups excluding carboxylic acids is 3. The SMILES string of the molecule is CSc1cccc(NC(=O)[C@H]2[C@H]3C=C[C@@]4(O3)[C@H]2C(=O)N(C2CCCCCCC2)[C@@H]4C(=O)NC2CCCCC2)c1. The van der Waals surface area contributed by atoms with Gasteiger partial charge in [0.15, 0.2) is 0 Å². The van der Waals surface area contributed by atoms with Gasteiger partial charge in [-0.1, -0.05) is 69.6 Å². The molecule has 4 fully saturated rings. The molecule has 5 aliphatic rings. The Balaban J connectivity index is 1.31. The molecule has 0 unspecified atom stereocenters. The van der Waals surface area contributed by atoms with Crippen LogP contribution in [0.15, 0.2) is 41.3 Å². The summed E-state index contributed by atoms with van der Waals surface area (Å²) < 4.78 is 6.57. The Kier molecular flexibility index (Phi) is 7.77. The molecule has 3 amide bonds. The smallest absolute Gasteiger partial charge is 0.246 e. The Labute approximate surface area is 235 Å². The molecule has 2 aliphatic carbocycles. The number of ether oxygens (including phenoxy) is 1. The average Bonchev–Trinajstić information content (AvgIpc) is 3.57. The molecule has 1 aromatic carbocycles. The number of likely N-dealkylation sites (tertiary alicyclic amines) is 1. The van der Waals surface area contributed by atoms with Crippen LogP contribution >= 0.6 is 11.8 Å². The van der Waals surface area contributed by atoms with Gasteiger partial charge in [0.2, 0.25) is 17.7 Å². The summed E-state index contributed by atoms with van der Waals surface area (Å²) >= 11 is 1.61. The maximum Gasteiger partial charge on any atom is 0.246 e. The van der Waals surface area contributed by atoms with E-state index in [0.717, 1.165) is 69.1 Å². The van der Waals surface area contributed by atoms with Crippen molar-refractivity contribution in [3.63, 3.8) is 0 Å². The molecular formula is C31H41N3O4S. The van der Waals surface area contributed by atoms with Crippen molar-refractivity contribution >= 4 is 35.2 Å². The summed E-state index contributed by atoms with van der Waals surface area (Å²) in [4.78, 5) is 45.2. The summed E-state index contributed by atoms with van der Waals surface area (Å²) in [6.07, 6.45) is 18.2. The number of thioether (sulfide) groups is 1. The first-order valence-corrected chi connectivity index (χ1v) is 16.2. The molecule has 1 aromatic rings. The molecule has 8 heteroatoms. The van der Waals surface area contributed by atoms with Crippen molar-refractivity contribution in [1.29, 1.82) is 0 Å². The summed E-state index contributed by atoms with van der Waals surface area (Å²) in [7, 11) is 0. The molecule has 3 heterocycles. The van der Waals surface area contributed by atoms with E-state index in [1.165, 1.54) is 12.8 Å². The average molecular weight is 552 g/mol. The first-order valence-electron chi connectivity index (χ1n) is 15.0. The molecule has 0 radical (unpaired) electrons. The van der Waals surface area contributed by atoms with Gasteiger partial charge in [-0.3, -0.25) is 14.4 Å². The number of nitrogens with one attached hydrogen (secondary N) is 2. The predicted octanol–water partition coefficient (Wildman–Crippen LogP) is 5.06. The summed E-state index contributed by atoms with van der Waals surface area (Å²) in [5, 5.41) is 6.37. The van der Waals surface area contributed by atoms with Crippen LogP contribution in [-0.4, -0.2) is 58.7 Å². The molecule has 2 saturated carbocycles. The lowest BCUT2D eigenvalue weighted by Crippen LogP contribution is -2.58. The number of amides is 3. The van der Waals surface area contributed by atoms with E-state index >= 15 is 0 Å². The number of fused-ring (bicyclic) bond motifs is 1. The van der Waals surface area contributed by atoms with Gasteiger partial charge in [0.05, 0.1) is 17.9 Å². The minimum absolute atomic E-state index is 0.00194. The maximum absolute atomic E-state index is 14.4. The van der Waals surface area contributed by atoms with Gasteiger partial charge in [-0.25, -0.2) is 0 Å². The molecule has 39 heavy (non-hydrogen) atoms. The zero-order valence-electron chi connectivity index (χ0n) is 22.9. The number of hydrogen-bond acceptors (Lipinski definition) is 5. The van der Waals surface area contributed by atoms with Crippen LogP contribution in [0.1, 0.15) is 77.0 Å². The van der Waals surface area contributed by atoms with Crippen LogP contribution in [0.4, 0.5) is 5.69 Å². The Hall–Kier alpha value is -2.32. The van der Waals surface area contributed by atoms with Gasteiger partial charge >= 0.3 is 0 Å². The monoisotopic (exact) mass is 551 g/mol. The number of carbonyl (C=O) groups is 3. The van der Waals surface area contributed by atoms with Crippen LogP contribution in [0.3, 0.4) is 0 Å². The fraction of sp³-hybridized carbons (Fsp3) is 0.645.